The van der Waals surface area contributed by atoms with Gasteiger partial charge in [0.2, 0.25) is 12.2 Å². The van der Waals surface area contributed by atoms with Gasteiger partial charge in [0.05, 0.1) is 0 Å². The van der Waals surface area contributed by atoms with Gasteiger partial charge in [0, 0.05) is 0 Å². The Kier molecular flexibility index (Phi) is 5.32. The number of aliphatic hydroxyl groups excluding tert-OH is 2. The molecule has 8 N–H and O–H groups in total. The van der Waals surface area contributed by atoms with Crippen molar-refractivity contribution < 1.29 is 64.8 Å². The van der Waals surface area contributed by atoms with E-state index in [-0.39, 0.29) is 0 Å². The fraction of sp³-hybridized carbons (Fsp3) is 0.500. The molecular weight excluding hydrogens is 304 g/mol. The Morgan fingerprint density at radius 1 is 0.714 bits per heavy atom. The average molecular weight is 314 g/mol. The molecule has 120 valence electrons. The molecular formula is C8H10O13. The lowest BCUT2D eigenvalue weighted by Crippen LogP contribution is -2.65. The van der Waals surface area contributed by atoms with Crippen molar-refractivity contribution in [2.24, 2.45) is 0 Å². The minimum atomic E-state index is -4.27. The van der Waals surface area contributed by atoms with E-state index in [1.54, 1.807) is 0 Å². The van der Waals surface area contributed by atoms with Gasteiger partial charge in [0.1, 0.15) is 0 Å². The first-order valence-corrected chi connectivity index (χ1v) is 4.74. The number of carboxylic acid groups (broad SMARTS) is 4. The number of aliphatic hydroxyl groups is 4. The predicted octanol–water partition coefficient (Wildman–Crippen LogP) is -4.56. The standard InChI is InChI=1S/C8H10O13/c9-1(3(11)12)7(19,5(15)16)21-8(20,6(17)18)2(10)4(13)14/h1-2,9-10,19-20H,(H,11,12)(H,13,14)(H,15,16)(H,17,18). The molecule has 0 aromatic rings. The van der Waals surface area contributed by atoms with Crippen molar-refractivity contribution in [3.8, 4) is 0 Å². The van der Waals surface area contributed by atoms with Crippen LogP contribution in [0.5, 0.6) is 0 Å². The molecule has 13 heteroatoms. The number of carboxylic acids is 4. The van der Waals surface area contributed by atoms with Crippen LogP contribution in [0.15, 0.2) is 0 Å². The third kappa shape index (κ3) is 3.41. The van der Waals surface area contributed by atoms with Crippen LogP contribution in [0.1, 0.15) is 0 Å². The van der Waals surface area contributed by atoms with Crippen molar-refractivity contribution in [3.05, 3.63) is 0 Å². The normalized spacial score (nSPS) is 19.6. The van der Waals surface area contributed by atoms with Gasteiger partial charge in [0.25, 0.3) is 0 Å². The molecule has 4 atom stereocenters. The zero-order chi connectivity index (χ0) is 17.2. The van der Waals surface area contributed by atoms with E-state index < -0.39 is 47.7 Å². The van der Waals surface area contributed by atoms with E-state index in [2.05, 4.69) is 4.74 Å². The van der Waals surface area contributed by atoms with Crippen LogP contribution >= 0.6 is 0 Å². The summed E-state index contributed by atoms with van der Waals surface area (Å²) in [6.07, 6.45) is -6.64. The summed E-state index contributed by atoms with van der Waals surface area (Å²) in [6.45, 7) is 0. The second kappa shape index (κ2) is 5.98. The number of ether oxygens (including phenoxy) is 1. The largest absolute Gasteiger partial charge is 0.479 e. The molecule has 0 aliphatic rings. The average Bonchev–Trinajstić information content (AvgIpc) is 2.35. The molecule has 0 aliphatic heterocycles. The molecule has 0 amide bonds. The first-order chi connectivity index (χ1) is 9.30. The van der Waals surface area contributed by atoms with Gasteiger partial charge in [-0.3, -0.25) is 4.74 Å². The maximum Gasteiger partial charge on any atom is 0.367 e. The minimum absolute atomic E-state index is 2.41. The van der Waals surface area contributed by atoms with Crippen molar-refractivity contribution >= 4 is 23.9 Å². The lowest BCUT2D eigenvalue weighted by Gasteiger charge is -2.34. The van der Waals surface area contributed by atoms with Gasteiger partial charge in [-0.1, -0.05) is 0 Å². The van der Waals surface area contributed by atoms with Gasteiger partial charge in [-0.05, 0) is 0 Å². The Bertz CT molecular complexity index is 429. The fourth-order valence-corrected chi connectivity index (χ4v) is 1.00. The van der Waals surface area contributed by atoms with Crippen molar-refractivity contribution in [2.75, 3.05) is 0 Å². The molecule has 0 bridgehead atoms. The van der Waals surface area contributed by atoms with E-state index in [4.69, 9.17) is 30.6 Å². The summed E-state index contributed by atoms with van der Waals surface area (Å²) >= 11 is 0. The van der Waals surface area contributed by atoms with E-state index in [0.29, 0.717) is 0 Å². The molecule has 0 aromatic heterocycles. The molecule has 0 aromatic carbocycles. The molecule has 0 heterocycles. The molecule has 0 radical (unpaired) electrons. The number of hydrogen-bond acceptors (Lipinski definition) is 9. The van der Waals surface area contributed by atoms with Crippen LogP contribution in [0, 0.1) is 0 Å². The van der Waals surface area contributed by atoms with Gasteiger partial charge in [-0.2, -0.15) is 0 Å². The minimum Gasteiger partial charge on any atom is -0.479 e. The number of rotatable bonds is 8. The van der Waals surface area contributed by atoms with Gasteiger partial charge in [0.15, 0.2) is 0 Å². The molecule has 0 rings (SSSR count). The Hall–Kier alpha value is -2.32. The Morgan fingerprint density at radius 2 is 0.952 bits per heavy atom. The molecule has 0 saturated carbocycles. The molecule has 21 heavy (non-hydrogen) atoms. The van der Waals surface area contributed by atoms with E-state index in [9.17, 15) is 29.4 Å². The number of hydrogen-bond donors (Lipinski definition) is 8. The topological polar surface area (TPSA) is 239 Å². The van der Waals surface area contributed by atoms with E-state index in [0.717, 1.165) is 0 Å². The zero-order valence-corrected chi connectivity index (χ0v) is 9.77. The Morgan fingerprint density at radius 3 is 1.10 bits per heavy atom. The van der Waals surface area contributed by atoms with Gasteiger partial charge in [-0.25, -0.2) is 19.2 Å². The highest BCUT2D eigenvalue weighted by molar-refractivity contribution is 5.88. The molecule has 4 unspecified atom stereocenters. The summed E-state index contributed by atoms with van der Waals surface area (Å²) in [7, 11) is 0. The van der Waals surface area contributed by atoms with Crippen LogP contribution < -0.4 is 0 Å². The fourth-order valence-electron chi connectivity index (χ4n) is 1.00. The highest BCUT2D eigenvalue weighted by Gasteiger charge is 2.61. The Balaban J connectivity index is 5.88. The van der Waals surface area contributed by atoms with Crippen molar-refractivity contribution in [1.29, 1.82) is 0 Å². The lowest BCUT2D eigenvalue weighted by molar-refractivity contribution is -0.353. The third-order valence-corrected chi connectivity index (χ3v) is 2.13. The van der Waals surface area contributed by atoms with E-state index >= 15 is 0 Å². The monoisotopic (exact) mass is 314 g/mol. The maximum absolute atomic E-state index is 10.7. The van der Waals surface area contributed by atoms with Crippen LogP contribution in [0.3, 0.4) is 0 Å². The molecule has 0 aliphatic carbocycles. The van der Waals surface area contributed by atoms with Crippen LogP contribution in [0.4, 0.5) is 0 Å². The summed E-state index contributed by atoms with van der Waals surface area (Å²) in [5.74, 6) is -18.7. The molecule has 0 spiro atoms. The summed E-state index contributed by atoms with van der Waals surface area (Å²) in [4.78, 5) is 42.4. The summed E-state index contributed by atoms with van der Waals surface area (Å²) in [5.41, 5.74) is 0. The SMILES string of the molecule is O=C(O)C(O)C(O)(OC(O)(C(=O)O)C(O)C(=O)O)C(=O)O. The van der Waals surface area contributed by atoms with Gasteiger partial charge >= 0.3 is 35.5 Å². The highest BCUT2D eigenvalue weighted by atomic mass is 16.8. The summed E-state index contributed by atoms with van der Waals surface area (Å²) in [6, 6.07) is 0. The number of aliphatic carboxylic acids is 4. The molecule has 0 saturated heterocycles. The molecule has 13 nitrogen and oxygen atoms in total. The van der Waals surface area contributed by atoms with Crippen LogP contribution in [0.2, 0.25) is 0 Å². The smallest absolute Gasteiger partial charge is 0.367 e. The quantitative estimate of drug-likeness (QED) is 0.197. The van der Waals surface area contributed by atoms with Crippen LogP contribution in [-0.2, 0) is 23.9 Å². The zero-order valence-electron chi connectivity index (χ0n) is 9.77. The summed E-state index contributed by atoms with van der Waals surface area (Å²) in [5, 5.41) is 70.7. The summed E-state index contributed by atoms with van der Waals surface area (Å²) < 4.78 is 3.64. The Labute approximate surface area is 113 Å². The second-order valence-electron chi connectivity index (χ2n) is 3.59. The van der Waals surface area contributed by atoms with Crippen LogP contribution in [0.25, 0.3) is 0 Å². The first-order valence-electron chi connectivity index (χ1n) is 4.74. The lowest BCUT2D eigenvalue weighted by atomic mass is 10.1. The second-order valence-corrected chi connectivity index (χ2v) is 3.59. The van der Waals surface area contributed by atoms with Crippen molar-refractivity contribution in [2.45, 2.75) is 23.8 Å². The molecule has 0 fully saturated rings. The van der Waals surface area contributed by atoms with Crippen molar-refractivity contribution in [3.63, 3.8) is 0 Å². The van der Waals surface area contributed by atoms with Gasteiger partial charge < -0.3 is 40.9 Å². The van der Waals surface area contributed by atoms with E-state index in [1.807, 2.05) is 0 Å². The van der Waals surface area contributed by atoms with E-state index in [1.165, 1.54) is 0 Å². The highest BCUT2D eigenvalue weighted by Crippen LogP contribution is 2.25. The predicted molar refractivity (Wildman–Crippen MR) is 53.5 cm³/mol. The van der Waals surface area contributed by atoms with Crippen LogP contribution in [-0.4, -0.2) is 88.5 Å². The number of carbonyl (C=O) groups is 4. The third-order valence-electron chi connectivity index (χ3n) is 2.13. The van der Waals surface area contributed by atoms with Crippen molar-refractivity contribution in [1.82, 2.24) is 0 Å². The van der Waals surface area contributed by atoms with Gasteiger partial charge in [-0.15, -0.1) is 0 Å². The first kappa shape index (κ1) is 18.7. The maximum atomic E-state index is 10.7.